The number of nitrogens with zero attached hydrogens (tertiary/aromatic N) is 6. The normalized spacial score (nSPS) is 16.2. The molecule has 4 rings (SSSR count). The van der Waals surface area contributed by atoms with Gasteiger partial charge >= 0.3 is 0 Å². The minimum absolute atomic E-state index is 0.0108. The lowest BCUT2D eigenvalue weighted by Gasteiger charge is -2.35. The zero-order chi connectivity index (χ0) is 21.6. The van der Waals surface area contributed by atoms with E-state index in [9.17, 15) is 4.79 Å². The summed E-state index contributed by atoms with van der Waals surface area (Å²) in [5.74, 6) is 0.157. The van der Waals surface area contributed by atoms with Gasteiger partial charge in [-0.05, 0) is 30.2 Å². The number of rotatable bonds is 7. The largest absolute Gasteiger partial charge is 0.338 e. The van der Waals surface area contributed by atoms with Crippen LogP contribution in [0.4, 0.5) is 0 Å². The third-order valence-corrected chi connectivity index (χ3v) is 6.11. The smallest absolute Gasteiger partial charge is 0.236 e. The fraction of sp³-hybridized carbons (Fsp3) is 0.375. The Kier molecular flexibility index (Phi) is 6.74. The van der Waals surface area contributed by atoms with Crippen LogP contribution in [0.2, 0.25) is 0 Å². The Balaban J connectivity index is 1.26. The number of likely N-dealkylation sites (N-methyl/N-ethyl adjacent to an activating group) is 1. The van der Waals surface area contributed by atoms with E-state index in [2.05, 4.69) is 57.1 Å². The summed E-state index contributed by atoms with van der Waals surface area (Å²) in [7, 11) is 1.89. The maximum absolute atomic E-state index is 12.9. The van der Waals surface area contributed by atoms with Crippen LogP contribution in [-0.4, -0.2) is 75.1 Å². The van der Waals surface area contributed by atoms with Crippen LogP contribution in [0.3, 0.4) is 0 Å². The summed E-state index contributed by atoms with van der Waals surface area (Å²) in [5.41, 5.74) is 3.40. The van der Waals surface area contributed by atoms with Gasteiger partial charge in [-0.2, -0.15) is 5.10 Å². The Hall–Kier alpha value is -3.03. The Labute approximate surface area is 183 Å². The summed E-state index contributed by atoms with van der Waals surface area (Å²) in [5, 5.41) is 4.15. The lowest BCUT2D eigenvalue weighted by atomic mass is 10.1. The highest BCUT2D eigenvalue weighted by molar-refractivity contribution is 5.78. The van der Waals surface area contributed by atoms with E-state index in [1.807, 2.05) is 36.2 Å². The van der Waals surface area contributed by atoms with Gasteiger partial charge in [-0.15, -0.1) is 0 Å². The number of aromatic nitrogens is 3. The molecule has 1 saturated heterocycles. The van der Waals surface area contributed by atoms with E-state index in [1.54, 1.807) is 11.0 Å². The molecule has 1 aromatic heterocycles. The summed E-state index contributed by atoms with van der Waals surface area (Å²) in [6.45, 7) is 7.35. The Bertz CT molecular complexity index is 950. The van der Waals surface area contributed by atoms with Crippen LogP contribution in [0.25, 0.3) is 5.69 Å². The number of carbonyl (C=O) groups excluding carboxylic acids is 1. The average molecular weight is 419 g/mol. The molecule has 162 valence electrons. The van der Waals surface area contributed by atoms with Crippen molar-refractivity contribution < 1.29 is 4.79 Å². The second-order valence-electron chi connectivity index (χ2n) is 8.15. The highest BCUT2D eigenvalue weighted by Crippen LogP contribution is 2.21. The van der Waals surface area contributed by atoms with E-state index in [0.717, 1.165) is 44.0 Å². The Morgan fingerprint density at radius 1 is 1.00 bits per heavy atom. The summed E-state index contributed by atoms with van der Waals surface area (Å²) < 4.78 is 1.72. The van der Waals surface area contributed by atoms with E-state index in [1.165, 1.54) is 11.9 Å². The fourth-order valence-corrected chi connectivity index (χ4v) is 3.94. The number of carbonyl (C=O) groups is 1. The lowest BCUT2D eigenvalue weighted by Crippen LogP contribution is -2.49. The first-order valence-electron chi connectivity index (χ1n) is 10.8. The molecule has 0 radical (unpaired) electrons. The van der Waals surface area contributed by atoms with Crippen molar-refractivity contribution in [3.05, 3.63) is 78.4 Å². The molecule has 0 aliphatic carbocycles. The van der Waals surface area contributed by atoms with E-state index in [-0.39, 0.29) is 11.9 Å². The van der Waals surface area contributed by atoms with Crippen molar-refractivity contribution in [2.24, 2.45) is 0 Å². The van der Waals surface area contributed by atoms with Gasteiger partial charge in [0.25, 0.3) is 0 Å². The molecule has 0 spiro atoms. The van der Waals surface area contributed by atoms with Crippen molar-refractivity contribution in [1.82, 2.24) is 29.5 Å². The van der Waals surface area contributed by atoms with E-state index in [0.29, 0.717) is 6.54 Å². The molecule has 0 saturated carbocycles. The molecule has 3 aromatic rings. The molecule has 7 nitrogen and oxygen atoms in total. The van der Waals surface area contributed by atoms with Crippen LogP contribution in [0.15, 0.2) is 67.3 Å². The third-order valence-electron chi connectivity index (χ3n) is 6.11. The quantitative estimate of drug-likeness (QED) is 0.590. The first-order chi connectivity index (χ1) is 15.1. The van der Waals surface area contributed by atoms with Crippen LogP contribution in [0.5, 0.6) is 0 Å². The molecule has 1 fully saturated rings. The third kappa shape index (κ3) is 5.37. The van der Waals surface area contributed by atoms with Crippen LogP contribution in [0, 0.1) is 0 Å². The van der Waals surface area contributed by atoms with Crippen molar-refractivity contribution >= 4 is 5.91 Å². The fourth-order valence-electron chi connectivity index (χ4n) is 3.94. The van der Waals surface area contributed by atoms with Crippen LogP contribution < -0.4 is 0 Å². The van der Waals surface area contributed by atoms with Crippen molar-refractivity contribution in [3.63, 3.8) is 0 Å². The first kappa shape index (κ1) is 21.2. The molecule has 31 heavy (non-hydrogen) atoms. The highest BCUT2D eigenvalue weighted by Gasteiger charge is 2.23. The zero-order valence-corrected chi connectivity index (χ0v) is 18.3. The summed E-state index contributed by atoms with van der Waals surface area (Å²) in [4.78, 5) is 23.5. The maximum Gasteiger partial charge on any atom is 0.236 e. The molecule has 1 amide bonds. The molecular formula is C24H30N6O. The molecule has 7 heteroatoms. The van der Waals surface area contributed by atoms with Crippen LogP contribution in [0.1, 0.15) is 24.1 Å². The summed E-state index contributed by atoms with van der Waals surface area (Å²) >= 11 is 0. The zero-order valence-electron chi connectivity index (χ0n) is 18.3. The average Bonchev–Trinajstić information content (AvgIpc) is 3.35. The standard InChI is InChI=1S/C24H30N6O/c1-20(22-8-10-23(11-9-22)30-19-25-18-26-30)27(2)24(31)17-29-14-12-28(13-15-29)16-21-6-4-3-5-7-21/h3-11,18-20H,12-17H2,1-2H3. The van der Waals surface area contributed by atoms with Gasteiger partial charge in [0.2, 0.25) is 5.91 Å². The van der Waals surface area contributed by atoms with Crippen LogP contribution >= 0.6 is 0 Å². The topological polar surface area (TPSA) is 57.5 Å². The number of amides is 1. The van der Waals surface area contributed by atoms with Gasteiger partial charge in [0, 0.05) is 39.8 Å². The number of hydrogen-bond donors (Lipinski definition) is 0. The maximum atomic E-state index is 12.9. The predicted molar refractivity (Wildman–Crippen MR) is 121 cm³/mol. The van der Waals surface area contributed by atoms with E-state index >= 15 is 0 Å². The molecule has 1 aliphatic rings. The van der Waals surface area contributed by atoms with Gasteiger partial charge in [0.15, 0.2) is 0 Å². The summed E-state index contributed by atoms with van der Waals surface area (Å²) in [6, 6.07) is 18.7. The minimum Gasteiger partial charge on any atom is -0.338 e. The Morgan fingerprint density at radius 2 is 1.68 bits per heavy atom. The Morgan fingerprint density at radius 3 is 2.32 bits per heavy atom. The molecule has 1 atom stereocenters. The van der Waals surface area contributed by atoms with Crippen molar-refractivity contribution in [3.8, 4) is 5.69 Å². The summed E-state index contributed by atoms with van der Waals surface area (Å²) in [6.07, 6.45) is 3.19. The highest BCUT2D eigenvalue weighted by atomic mass is 16.2. The van der Waals surface area contributed by atoms with Gasteiger partial charge in [-0.3, -0.25) is 14.6 Å². The van der Waals surface area contributed by atoms with Gasteiger partial charge < -0.3 is 4.90 Å². The van der Waals surface area contributed by atoms with E-state index in [4.69, 9.17) is 0 Å². The molecule has 2 aromatic carbocycles. The van der Waals surface area contributed by atoms with Crippen LogP contribution in [-0.2, 0) is 11.3 Å². The molecule has 1 unspecified atom stereocenters. The lowest BCUT2D eigenvalue weighted by molar-refractivity contribution is -0.133. The van der Waals surface area contributed by atoms with Crippen molar-refractivity contribution in [1.29, 1.82) is 0 Å². The number of benzene rings is 2. The van der Waals surface area contributed by atoms with E-state index < -0.39 is 0 Å². The minimum atomic E-state index is 0.0108. The van der Waals surface area contributed by atoms with Gasteiger partial charge in [-0.25, -0.2) is 9.67 Å². The molecule has 0 bridgehead atoms. The monoisotopic (exact) mass is 418 g/mol. The molecule has 1 aliphatic heterocycles. The second kappa shape index (κ2) is 9.85. The van der Waals surface area contributed by atoms with Gasteiger partial charge in [0.05, 0.1) is 18.3 Å². The predicted octanol–water partition coefficient (Wildman–Crippen LogP) is 2.60. The molecule has 2 heterocycles. The van der Waals surface area contributed by atoms with Crippen molar-refractivity contribution in [2.45, 2.75) is 19.5 Å². The number of hydrogen-bond acceptors (Lipinski definition) is 5. The molecular weight excluding hydrogens is 388 g/mol. The van der Waals surface area contributed by atoms with Crippen molar-refractivity contribution in [2.75, 3.05) is 39.8 Å². The van der Waals surface area contributed by atoms with Gasteiger partial charge in [-0.1, -0.05) is 42.5 Å². The van der Waals surface area contributed by atoms with Gasteiger partial charge in [0.1, 0.15) is 12.7 Å². The number of piperazine rings is 1. The first-order valence-corrected chi connectivity index (χ1v) is 10.8. The second-order valence-corrected chi connectivity index (χ2v) is 8.15. The SMILES string of the molecule is CC(c1ccc(-n2cncn2)cc1)N(C)C(=O)CN1CCN(Cc2ccccc2)CC1. The molecule has 0 N–H and O–H groups in total.